The van der Waals surface area contributed by atoms with Gasteiger partial charge in [-0.3, -0.25) is 9.59 Å². The van der Waals surface area contributed by atoms with Crippen LogP contribution in [-0.4, -0.2) is 28.0 Å². The van der Waals surface area contributed by atoms with Crippen molar-refractivity contribution in [3.8, 4) is 10.7 Å². The Hall–Kier alpha value is -2.71. The molecule has 0 radical (unpaired) electrons. The van der Waals surface area contributed by atoms with Crippen LogP contribution >= 0.6 is 23.1 Å². The van der Waals surface area contributed by atoms with Crippen LogP contribution in [0.4, 0.5) is 11.4 Å². The van der Waals surface area contributed by atoms with Crippen LogP contribution in [0.3, 0.4) is 0 Å². The first-order valence-electron chi connectivity index (χ1n) is 8.13. The van der Waals surface area contributed by atoms with Gasteiger partial charge in [0.05, 0.1) is 16.1 Å². The lowest BCUT2D eigenvalue weighted by atomic mass is 10.2. The van der Waals surface area contributed by atoms with Crippen molar-refractivity contribution in [2.45, 2.75) is 18.9 Å². The van der Waals surface area contributed by atoms with Gasteiger partial charge < -0.3 is 10.6 Å². The minimum Gasteiger partial charge on any atom is -0.326 e. The van der Waals surface area contributed by atoms with Gasteiger partial charge in [-0.1, -0.05) is 12.1 Å². The molecule has 0 spiro atoms. The fourth-order valence-electron chi connectivity index (χ4n) is 2.54. The van der Waals surface area contributed by atoms with E-state index < -0.39 is 0 Å². The second-order valence-corrected chi connectivity index (χ2v) is 7.45. The largest absolute Gasteiger partial charge is 0.326 e. The molecule has 0 atom stereocenters. The summed E-state index contributed by atoms with van der Waals surface area (Å²) in [4.78, 5) is 34.1. The molecule has 0 unspecified atom stereocenters. The lowest BCUT2D eigenvalue weighted by Gasteiger charge is -2.12. The molecule has 0 aliphatic rings. The number of thiophene rings is 1. The molecular formula is C19H18N4O2S2. The van der Waals surface area contributed by atoms with E-state index in [0.29, 0.717) is 33.5 Å². The molecule has 2 N–H and O–H groups in total. The maximum absolute atomic E-state index is 12.9. The number of amides is 2. The second-order valence-electron chi connectivity index (χ2n) is 5.71. The lowest BCUT2D eigenvalue weighted by Crippen LogP contribution is -2.17. The molecule has 3 aromatic rings. The molecule has 6 nitrogen and oxygen atoms in total. The molecule has 2 aromatic heterocycles. The average molecular weight is 399 g/mol. The summed E-state index contributed by atoms with van der Waals surface area (Å²) in [5, 5.41) is 8.15. The van der Waals surface area contributed by atoms with Crippen LogP contribution in [-0.2, 0) is 4.79 Å². The highest BCUT2D eigenvalue weighted by atomic mass is 32.2. The van der Waals surface area contributed by atoms with Gasteiger partial charge in [-0.2, -0.15) is 0 Å². The number of carbonyl (C=O) groups is 2. The molecule has 0 aliphatic carbocycles. The van der Waals surface area contributed by atoms with Crippen molar-refractivity contribution in [1.82, 2.24) is 9.97 Å². The minimum atomic E-state index is -0.283. The quantitative estimate of drug-likeness (QED) is 0.490. The van der Waals surface area contributed by atoms with E-state index in [0.717, 1.165) is 4.88 Å². The molecule has 0 saturated carbocycles. The van der Waals surface area contributed by atoms with Crippen molar-refractivity contribution in [1.29, 1.82) is 0 Å². The number of nitrogens with zero attached hydrogens (tertiary/aromatic N) is 2. The van der Waals surface area contributed by atoms with E-state index in [-0.39, 0.29) is 11.8 Å². The van der Waals surface area contributed by atoms with Crippen LogP contribution in [0.2, 0.25) is 0 Å². The summed E-state index contributed by atoms with van der Waals surface area (Å²) < 4.78 is 0. The van der Waals surface area contributed by atoms with Crippen LogP contribution in [0.1, 0.15) is 23.0 Å². The Balaban J connectivity index is 1.89. The number of thioether (sulfide) groups is 1. The Bertz CT molecular complexity index is 987. The Kier molecular flexibility index (Phi) is 5.88. The molecule has 27 heavy (non-hydrogen) atoms. The Morgan fingerprint density at radius 2 is 1.81 bits per heavy atom. The number of rotatable bonds is 5. The highest BCUT2D eigenvalue weighted by Crippen LogP contribution is 2.28. The summed E-state index contributed by atoms with van der Waals surface area (Å²) in [6, 6.07) is 10.9. The smallest absolute Gasteiger partial charge is 0.260 e. The summed E-state index contributed by atoms with van der Waals surface area (Å²) >= 11 is 2.97. The molecule has 0 fully saturated rings. The van der Waals surface area contributed by atoms with E-state index in [1.54, 1.807) is 42.5 Å². The molecular weight excluding hydrogens is 380 g/mol. The number of hydrogen-bond donors (Lipinski definition) is 2. The fourth-order valence-corrected chi connectivity index (χ4v) is 3.82. The lowest BCUT2D eigenvalue weighted by molar-refractivity contribution is -0.114. The monoisotopic (exact) mass is 398 g/mol. The zero-order valence-corrected chi connectivity index (χ0v) is 16.7. The highest BCUT2D eigenvalue weighted by Gasteiger charge is 2.19. The third kappa shape index (κ3) is 4.53. The summed E-state index contributed by atoms with van der Waals surface area (Å²) in [5.41, 5.74) is 2.27. The predicted molar refractivity (Wildman–Crippen MR) is 111 cm³/mol. The number of benzene rings is 1. The van der Waals surface area contributed by atoms with E-state index >= 15 is 0 Å². The van der Waals surface area contributed by atoms with E-state index in [2.05, 4.69) is 20.6 Å². The SMILES string of the molecule is CSc1nc(-c2cccs2)nc(C)c1C(=O)Nc1cccc(NC(C)=O)c1. The second kappa shape index (κ2) is 8.32. The molecule has 0 bridgehead atoms. The summed E-state index contributed by atoms with van der Waals surface area (Å²) in [6.45, 7) is 3.24. The van der Waals surface area contributed by atoms with Gasteiger partial charge in [0.25, 0.3) is 5.91 Å². The first-order chi connectivity index (χ1) is 13.0. The van der Waals surface area contributed by atoms with Gasteiger partial charge >= 0.3 is 0 Å². The maximum atomic E-state index is 12.9. The van der Waals surface area contributed by atoms with Crippen molar-refractivity contribution < 1.29 is 9.59 Å². The van der Waals surface area contributed by atoms with Gasteiger partial charge in [0.2, 0.25) is 5.91 Å². The number of carbonyl (C=O) groups excluding carboxylic acids is 2. The van der Waals surface area contributed by atoms with Crippen LogP contribution in [0.15, 0.2) is 46.8 Å². The number of anilines is 2. The Morgan fingerprint density at radius 3 is 2.44 bits per heavy atom. The van der Waals surface area contributed by atoms with Gasteiger partial charge in [-0.15, -0.1) is 23.1 Å². The zero-order chi connectivity index (χ0) is 19.4. The topological polar surface area (TPSA) is 84.0 Å². The van der Waals surface area contributed by atoms with Crippen molar-refractivity contribution in [3.63, 3.8) is 0 Å². The molecule has 8 heteroatoms. The highest BCUT2D eigenvalue weighted by molar-refractivity contribution is 7.98. The maximum Gasteiger partial charge on any atom is 0.260 e. The Morgan fingerprint density at radius 1 is 1.07 bits per heavy atom. The minimum absolute atomic E-state index is 0.170. The van der Waals surface area contributed by atoms with Crippen molar-refractivity contribution in [2.24, 2.45) is 0 Å². The summed E-state index contributed by atoms with van der Waals surface area (Å²) in [7, 11) is 0. The van der Waals surface area contributed by atoms with Crippen molar-refractivity contribution in [2.75, 3.05) is 16.9 Å². The Labute approximate surface area is 165 Å². The van der Waals surface area contributed by atoms with Crippen LogP contribution < -0.4 is 10.6 Å². The first kappa shape index (κ1) is 19.1. The van der Waals surface area contributed by atoms with Crippen LogP contribution in [0.5, 0.6) is 0 Å². The molecule has 0 aliphatic heterocycles. The normalized spacial score (nSPS) is 10.5. The van der Waals surface area contributed by atoms with Gasteiger partial charge in [0.15, 0.2) is 5.82 Å². The van der Waals surface area contributed by atoms with E-state index in [1.807, 2.05) is 23.8 Å². The van der Waals surface area contributed by atoms with Gasteiger partial charge in [-0.25, -0.2) is 9.97 Å². The summed E-state index contributed by atoms with van der Waals surface area (Å²) in [6.07, 6.45) is 1.88. The molecule has 2 amide bonds. The molecule has 0 saturated heterocycles. The third-order valence-corrected chi connectivity index (χ3v) is 5.21. The van der Waals surface area contributed by atoms with E-state index in [4.69, 9.17) is 0 Å². The standard InChI is InChI=1S/C19H18N4O2S2/c1-11-16(19(26-3)23-17(20-11)15-8-5-9-27-15)18(25)22-14-7-4-6-13(10-14)21-12(2)24/h4-10H,1-3H3,(H,21,24)(H,22,25). The third-order valence-electron chi connectivity index (χ3n) is 3.66. The predicted octanol–water partition coefficient (Wildman–Crippen LogP) is 4.45. The van der Waals surface area contributed by atoms with Crippen molar-refractivity contribution >= 4 is 46.3 Å². The number of aromatic nitrogens is 2. The van der Waals surface area contributed by atoms with Crippen molar-refractivity contribution in [3.05, 3.63) is 53.0 Å². The number of nitrogens with one attached hydrogen (secondary N) is 2. The average Bonchev–Trinajstić information content (AvgIpc) is 3.15. The number of hydrogen-bond acceptors (Lipinski definition) is 6. The van der Waals surface area contributed by atoms with Crippen LogP contribution in [0, 0.1) is 6.92 Å². The van der Waals surface area contributed by atoms with Gasteiger partial charge in [0.1, 0.15) is 5.03 Å². The first-order valence-corrected chi connectivity index (χ1v) is 10.2. The van der Waals surface area contributed by atoms with Gasteiger partial charge in [0, 0.05) is 18.3 Å². The van der Waals surface area contributed by atoms with Gasteiger partial charge in [-0.05, 0) is 42.8 Å². The van der Waals surface area contributed by atoms with E-state index in [1.165, 1.54) is 18.7 Å². The molecule has 138 valence electrons. The molecule has 3 rings (SSSR count). The zero-order valence-electron chi connectivity index (χ0n) is 15.1. The summed E-state index contributed by atoms with van der Waals surface area (Å²) in [5.74, 6) is 0.169. The molecule has 2 heterocycles. The number of aryl methyl sites for hydroxylation is 1. The van der Waals surface area contributed by atoms with Crippen LogP contribution in [0.25, 0.3) is 10.7 Å². The fraction of sp³-hybridized carbons (Fsp3) is 0.158. The van der Waals surface area contributed by atoms with E-state index in [9.17, 15) is 9.59 Å². The molecule has 1 aromatic carbocycles.